The maximum Gasteiger partial charge on any atom is 0.194 e. The second-order valence-electron chi connectivity index (χ2n) is 8.85. The van der Waals surface area contributed by atoms with Gasteiger partial charge in [0.15, 0.2) is 17.5 Å². The van der Waals surface area contributed by atoms with E-state index in [0.29, 0.717) is 36.3 Å². The highest BCUT2D eigenvalue weighted by Crippen LogP contribution is 2.40. The van der Waals surface area contributed by atoms with Crippen LogP contribution in [0.2, 0.25) is 0 Å². The van der Waals surface area contributed by atoms with E-state index in [1.54, 1.807) is 6.07 Å². The van der Waals surface area contributed by atoms with E-state index in [2.05, 4.69) is 6.92 Å². The predicted octanol–water partition coefficient (Wildman–Crippen LogP) is 7.59. The Morgan fingerprint density at radius 3 is 2.28 bits per heavy atom. The molecule has 1 unspecified atom stereocenters. The molecule has 0 radical (unpaired) electrons. The third-order valence-corrected chi connectivity index (χ3v) is 7.04. The Balaban J connectivity index is 1.49. The molecule has 0 bridgehead atoms. The summed E-state index contributed by atoms with van der Waals surface area (Å²) in [5, 5.41) is 0. The second kappa shape index (κ2) is 8.49. The molecule has 0 amide bonds. The van der Waals surface area contributed by atoms with Gasteiger partial charge in [-0.2, -0.15) is 0 Å². The summed E-state index contributed by atoms with van der Waals surface area (Å²) in [7, 11) is 0. The second-order valence-corrected chi connectivity index (χ2v) is 8.85. The van der Waals surface area contributed by atoms with Crippen LogP contribution in [-0.4, -0.2) is 0 Å². The molecule has 1 atom stereocenters. The quantitative estimate of drug-likeness (QED) is 0.364. The summed E-state index contributed by atoms with van der Waals surface area (Å²) in [5.41, 5.74) is 2.36. The minimum absolute atomic E-state index is 0.138. The number of fused-ring (bicyclic) bond motifs is 1. The first-order chi connectivity index (χ1) is 14.0. The molecule has 2 aliphatic rings. The molecule has 1 fully saturated rings. The number of benzene rings is 2. The van der Waals surface area contributed by atoms with Crippen molar-refractivity contribution < 1.29 is 17.6 Å². The van der Waals surface area contributed by atoms with Gasteiger partial charge in [0.05, 0.1) is 0 Å². The van der Waals surface area contributed by atoms with Crippen LogP contribution in [0.5, 0.6) is 0 Å². The molecule has 4 heteroatoms. The molecule has 0 aliphatic heterocycles. The molecule has 29 heavy (non-hydrogen) atoms. The first-order valence-corrected chi connectivity index (χ1v) is 10.9. The third kappa shape index (κ3) is 4.08. The standard InChI is InChI=1S/C25H28F4/c1-2-3-15-4-6-16(7-5-15)17-8-10-20(22(26)13-17)18-9-11-21-19(12-18)14-23(27)25(29)24(21)28/h8,10,13-16,18H,2-7,9,11-12H2,1H3. The largest absolute Gasteiger partial charge is 0.207 e. The van der Waals surface area contributed by atoms with Crippen LogP contribution in [0.15, 0.2) is 24.3 Å². The van der Waals surface area contributed by atoms with Gasteiger partial charge in [0.1, 0.15) is 5.82 Å². The summed E-state index contributed by atoms with van der Waals surface area (Å²) in [6, 6.07) is 6.63. The SMILES string of the molecule is CCCC1CCC(c2ccc(C3CCc4c(cc(F)c(F)c4F)C3)c(F)c2)CC1. The number of rotatable bonds is 4. The van der Waals surface area contributed by atoms with Crippen LogP contribution in [0, 0.1) is 29.2 Å². The first-order valence-electron chi connectivity index (χ1n) is 10.9. The molecule has 0 aromatic heterocycles. The van der Waals surface area contributed by atoms with Gasteiger partial charge >= 0.3 is 0 Å². The number of hydrogen-bond donors (Lipinski definition) is 0. The minimum atomic E-state index is -1.41. The topological polar surface area (TPSA) is 0 Å². The maximum atomic E-state index is 15.0. The Morgan fingerprint density at radius 2 is 1.59 bits per heavy atom. The molecular formula is C25H28F4. The molecular weight excluding hydrogens is 376 g/mol. The zero-order chi connectivity index (χ0) is 20.5. The smallest absolute Gasteiger partial charge is 0.194 e. The molecule has 0 N–H and O–H groups in total. The van der Waals surface area contributed by atoms with Crippen molar-refractivity contribution in [3.05, 3.63) is 69.8 Å². The van der Waals surface area contributed by atoms with Crippen LogP contribution >= 0.6 is 0 Å². The van der Waals surface area contributed by atoms with Crippen LogP contribution in [0.4, 0.5) is 17.6 Å². The Labute approximate surface area is 170 Å². The Hall–Kier alpha value is -1.84. The first kappa shape index (κ1) is 20.4. The van der Waals surface area contributed by atoms with E-state index in [1.807, 2.05) is 12.1 Å². The average Bonchev–Trinajstić information content (AvgIpc) is 2.72. The van der Waals surface area contributed by atoms with E-state index in [1.165, 1.54) is 25.7 Å². The zero-order valence-corrected chi connectivity index (χ0v) is 16.9. The van der Waals surface area contributed by atoms with Crippen LogP contribution in [0.25, 0.3) is 0 Å². The molecule has 156 valence electrons. The summed E-state index contributed by atoms with van der Waals surface area (Å²) >= 11 is 0. The monoisotopic (exact) mass is 404 g/mol. The fourth-order valence-corrected chi connectivity index (χ4v) is 5.41. The number of halogens is 4. The van der Waals surface area contributed by atoms with E-state index < -0.39 is 17.5 Å². The van der Waals surface area contributed by atoms with Crippen LogP contribution in [-0.2, 0) is 12.8 Å². The highest BCUT2D eigenvalue weighted by Gasteiger charge is 2.28. The summed E-state index contributed by atoms with van der Waals surface area (Å²) < 4.78 is 56.1. The lowest BCUT2D eigenvalue weighted by Crippen LogP contribution is -2.17. The Bertz CT molecular complexity index is 881. The van der Waals surface area contributed by atoms with Gasteiger partial charge in [-0.1, -0.05) is 31.9 Å². The van der Waals surface area contributed by atoms with Crippen molar-refractivity contribution in [1.29, 1.82) is 0 Å². The minimum Gasteiger partial charge on any atom is -0.207 e. The van der Waals surface area contributed by atoms with Gasteiger partial charge in [-0.25, -0.2) is 17.6 Å². The molecule has 0 spiro atoms. The maximum absolute atomic E-state index is 15.0. The lowest BCUT2D eigenvalue weighted by molar-refractivity contribution is 0.308. The van der Waals surface area contributed by atoms with E-state index in [0.717, 1.165) is 30.4 Å². The number of hydrogen-bond acceptors (Lipinski definition) is 0. The lowest BCUT2D eigenvalue weighted by Gasteiger charge is -2.29. The lowest BCUT2D eigenvalue weighted by atomic mass is 9.76. The molecule has 0 nitrogen and oxygen atoms in total. The highest BCUT2D eigenvalue weighted by atomic mass is 19.2. The van der Waals surface area contributed by atoms with Gasteiger partial charge in [0.2, 0.25) is 0 Å². The van der Waals surface area contributed by atoms with E-state index in [-0.39, 0.29) is 17.3 Å². The van der Waals surface area contributed by atoms with Gasteiger partial charge < -0.3 is 0 Å². The third-order valence-electron chi connectivity index (χ3n) is 7.04. The van der Waals surface area contributed by atoms with Crippen molar-refractivity contribution in [1.82, 2.24) is 0 Å². The van der Waals surface area contributed by atoms with E-state index in [9.17, 15) is 17.6 Å². The van der Waals surface area contributed by atoms with Crippen LogP contribution in [0.1, 0.15) is 86.0 Å². The van der Waals surface area contributed by atoms with Crippen LogP contribution < -0.4 is 0 Å². The van der Waals surface area contributed by atoms with Crippen molar-refractivity contribution in [3.63, 3.8) is 0 Å². The highest BCUT2D eigenvalue weighted by molar-refractivity contribution is 5.37. The molecule has 4 rings (SSSR count). The van der Waals surface area contributed by atoms with Crippen molar-refractivity contribution in [2.24, 2.45) is 5.92 Å². The molecule has 2 aromatic carbocycles. The predicted molar refractivity (Wildman–Crippen MR) is 107 cm³/mol. The van der Waals surface area contributed by atoms with Crippen molar-refractivity contribution >= 4 is 0 Å². The van der Waals surface area contributed by atoms with E-state index in [4.69, 9.17) is 0 Å². The average molecular weight is 404 g/mol. The summed E-state index contributed by atoms with van der Waals surface area (Å²) in [6.45, 7) is 2.23. The normalized spacial score (nSPS) is 24.4. The van der Waals surface area contributed by atoms with Crippen LogP contribution in [0.3, 0.4) is 0 Å². The zero-order valence-electron chi connectivity index (χ0n) is 16.9. The van der Waals surface area contributed by atoms with Crippen molar-refractivity contribution in [2.45, 2.75) is 76.5 Å². The van der Waals surface area contributed by atoms with Crippen molar-refractivity contribution in [2.75, 3.05) is 0 Å². The van der Waals surface area contributed by atoms with Gasteiger partial charge in [-0.05, 0) is 97.1 Å². The van der Waals surface area contributed by atoms with E-state index >= 15 is 0 Å². The van der Waals surface area contributed by atoms with Gasteiger partial charge in [-0.3, -0.25) is 0 Å². The molecule has 0 saturated heterocycles. The molecule has 0 heterocycles. The van der Waals surface area contributed by atoms with Gasteiger partial charge in [-0.15, -0.1) is 0 Å². The Kier molecular flexibility index (Phi) is 5.98. The molecule has 2 aromatic rings. The van der Waals surface area contributed by atoms with Gasteiger partial charge in [0, 0.05) is 0 Å². The Morgan fingerprint density at radius 1 is 0.828 bits per heavy atom. The summed E-state index contributed by atoms with van der Waals surface area (Å²) in [6.07, 6.45) is 8.34. The fourth-order valence-electron chi connectivity index (χ4n) is 5.41. The fraction of sp³-hybridized carbons (Fsp3) is 0.520. The molecule has 1 saturated carbocycles. The summed E-state index contributed by atoms with van der Waals surface area (Å²) in [4.78, 5) is 0. The molecule has 2 aliphatic carbocycles. The van der Waals surface area contributed by atoms with Crippen molar-refractivity contribution in [3.8, 4) is 0 Å². The van der Waals surface area contributed by atoms with Gasteiger partial charge in [0.25, 0.3) is 0 Å². The summed E-state index contributed by atoms with van der Waals surface area (Å²) in [5.74, 6) is -2.80.